The number of anilines is 1. The van der Waals surface area contributed by atoms with E-state index in [0.717, 1.165) is 41.0 Å². The minimum atomic E-state index is -4.87. The molecule has 180 valence electrons. The van der Waals surface area contributed by atoms with Gasteiger partial charge in [0, 0.05) is 43.1 Å². The second kappa shape index (κ2) is 10.5. The Morgan fingerprint density at radius 1 is 1.18 bits per heavy atom. The number of aldehydes is 1. The largest absolute Gasteiger partial charge is 0.573 e. The Morgan fingerprint density at radius 2 is 1.94 bits per heavy atom. The van der Waals surface area contributed by atoms with Crippen LogP contribution < -0.4 is 15.4 Å². The van der Waals surface area contributed by atoms with Gasteiger partial charge in [-0.25, -0.2) is 4.39 Å². The third-order valence-electron chi connectivity index (χ3n) is 5.29. The molecule has 3 aromatic rings. The molecule has 0 radical (unpaired) electrons. The highest BCUT2D eigenvalue weighted by atomic mass is 19.4. The van der Waals surface area contributed by atoms with E-state index < -0.39 is 23.8 Å². The summed E-state index contributed by atoms with van der Waals surface area (Å²) in [5.74, 6) is -1.86. The number of hydrogen-bond acceptors (Lipinski definition) is 5. The molecule has 1 amide bonds. The standard InChI is InChI=1S/C24H23F4N3O3/c1-14-19(17(13-32)5-8-23(33)29-2)10-16-4-3-15(9-21(16)31-14)12-30-22-11-18(6-7-20(22)25)34-24(26,27)28/h3-4,6-7,9-11,13,17,30H,5,8,12H2,1-2H3,(H,29,33). The highest BCUT2D eigenvalue weighted by Gasteiger charge is 2.31. The van der Waals surface area contributed by atoms with Crippen LogP contribution in [-0.2, 0) is 16.1 Å². The quantitative estimate of drug-likeness (QED) is 0.335. The van der Waals surface area contributed by atoms with E-state index in [9.17, 15) is 27.2 Å². The molecule has 1 heterocycles. The van der Waals surface area contributed by atoms with Crippen molar-refractivity contribution in [2.75, 3.05) is 12.4 Å². The molecule has 10 heteroatoms. The average molecular weight is 477 g/mol. The first-order valence-electron chi connectivity index (χ1n) is 10.4. The summed E-state index contributed by atoms with van der Waals surface area (Å²) in [7, 11) is 1.54. The molecule has 0 aliphatic heterocycles. The van der Waals surface area contributed by atoms with Crippen LogP contribution in [0.25, 0.3) is 10.9 Å². The van der Waals surface area contributed by atoms with Crippen LogP contribution in [0.4, 0.5) is 23.2 Å². The zero-order valence-electron chi connectivity index (χ0n) is 18.5. The SMILES string of the molecule is CNC(=O)CCC(C=O)c1cc2ccc(CNc3cc(OC(F)(F)F)ccc3F)cc2nc1C. The molecule has 0 saturated heterocycles. The summed E-state index contributed by atoms with van der Waals surface area (Å²) in [4.78, 5) is 27.7. The van der Waals surface area contributed by atoms with E-state index in [1.165, 1.54) is 7.05 Å². The van der Waals surface area contributed by atoms with Crippen LogP contribution in [-0.4, -0.2) is 30.6 Å². The number of benzene rings is 2. The highest BCUT2D eigenvalue weighted by molar-refractivity contribution is 5.82. The molecule has 6 nitrogen and oxygen atoms in total. The van der Waals surface area contributed by atoms with E-state index in [2.05, 4.69) is 20.4 Å². The van der Waals surface area contributed by atoms with E-state index in [0.29, 0.717) is 17.6 Å². The zero-order valence-corrected chi connectivity index (χ0v) is 18.5. The lowest BCUT2D eigenvalue weighted by atomic mass is 9.93. The molecule has 0 bridgehead atoms. The Morgan fingerprint density at radius 3 is 2.62 bits per heavy atom. The van der Waals surface area contributed by atoms with Crippen molar-refractivity contribution in [2.45, 2.75) is 38.6 Å². The molecule has 0 spiro atoms. The first kappa shape index (κ1) is 24.9. The van der Waals surface area contributed by atoms with Crippen LogP contribution in [0.3, 0.4) is 0 Å². The van der Waals surface area contributed by atoms with Gasteiger partial charge >= 0.3 is 6.36 Å². The van der Waals surface area contributed by atoms with Gasteiger partial charge in [-0.2, -0.15) is 0 Å². The molecule has 2 N–H and O–H groups in total. The average Bonchev–Trinajstić information content (AvgIpc) is 2.78. The lowest BCUT2D eigenvalue weighted by molar-refractivity contribution is -0.274. The van der Waals surface area contributed by atoms with E-state index in [-0.39, 0.29) is 24.6 Å². The molecule has 0 aliphatic carbocycles. The van der Waals surface area contributed by atoms with E-state index in [1.807, 2.05) is 6.07 Å². The summed E-state index contributed by atoms with van der Waals surface area (Å²) in [5, 5.41) is 6.08. The number of amides is 1. The number of hydrogen-bond donors (Lipinski definition) is 2. The Balaban J connectivity index is 1.77. The van der Waals surface area contributed by atoms with Crippen molar-refractivity contribution in [3.8, 4) is 5.75 Å². The van der Waals surface area contributed by atoms with Gasteiger partial charge in [-0.3, -0.25) is 9.78 Å². The van der Waals surface area contributed by atoms with E-state index in [4.69, 9.17) is 0 Å². The van der Waals surface area contributed by atoms with Gasteiger partial charge in [0.25, 0.3) is 0 Å². The number of fused-ring (bicyclic) bond motifs is 1. The number of aryl methyl sites for hydroxylation is 1. The van der Waals surface area contributed by atoms with Gasteiger partial charge in [0.2, 0.25) is 5.91 Å². The van der Waals surface area contributed by atoms with Crippen molar-refractivity contribution in [1.82, 2.24) is 10.3 Å². The van der Waals surface area contributed by atoms with Gasteiger partial charge in [0.15, 0.2) is 0 Å². The van der Waals surface area contributed by atoms with Crippen molar-refractivity contribution in [3.63, 3.8) is 0 Å². The predicted molar refractivity (Wildman–Crippen MR) is 119 cm³/mol. The molecule has 0 aliphatic rings. The molecule has 2 aromatic carbocycles. The van der Waals surface area contributed by atoms with Crippen molar-refractivity contribution >= 4 is 28.8 Å². The Hall–Kier alpha value is -3.69. The van der Waals surface area contributed by atoms with E-state index >= 15 is 0 Å². The maximum atomic E-state index is 14.0. The number of nitrogens with one attached hydrogen (secondary N) is 2. The van der Waals surface area contributed by atoms with Crippen LogP contribution in [0.2, 0.25) is 0 Å². The monoisotopic (exact) mass is 477 g/mol. The van der Waals surface area contributed by atoms with Crippen LogP contribution in [0.5, 0.6) is 5.75 Å². The molecule has 0 fully saturated rings. The third kappa shape index (κ3) is 6.43. The summed E-state index contributed by atoms with van der Waals surface area (Å²) in [6.45, 7) is 1.91. The van der Waals surface area contributed by atoms with Crippen molar-refractivity contribution in [2.24, 2.45) is 0 Å². The Labute approximate surface area is 193 Å². The summed E-state index contributed by atoms with van der Waals surface area (Å²) < 4.78 is 55.1. The highest BCUT2D eigenvalue weighted by Crippen LogP contribution is 2.29. The number of alkyl halides is 3. The third-order valence-corrected chi connectivity index (χ3v) is 5.29. The first-order chi connectivity index (χ1) is 16.1. The zero-order chi connectivity index (χ0) is 24.9. The van der Waals surface area contributed by atoms with Crippen LogP contribution >= 0.6 is 0 Å². The number of nitrogens with zero attached hydrogens (tertiary/aromatic N) is 1. The lowest BCUT2D eigenvalue weighted by Crippen LogP contribution is -2.18. The molecule has 1 unspecified atom stereocenters. The number of halogens is 4. The second-order valence-corrected chi connectivity index (χ2v) is 7.69. The number of ether oxygens (including phenoxy) is 1. The van der Waals surface area contributed by atoms with Gasteiger partial charge in [0.05, 0.1) is 11.2 Å². The number of pyridine rings is 1. The minimum absolute atomic E-state index is 0.133. The van der Waals surface area contributed by atoms with Gasteiger partial charge in [-0.1, -0.05) is 12.1 Å². The smallest absolute Gasteiger partial charge is 0.406 e. The van der Waals surface area contributed by atoms with E-state index in [1.54, 1.807) is 25.1 Å². The minimum Gasteiger partial charge on any atom is -0.406 e. The molecule has 1 atom stereocenters. The van der Waals surface area contributed by atoms with Crippen LogP contribution in [0.1, 0.15) is 35.6 Å². The molecular weight excluding hydrogens is 454 g/mol. The summed E-state index contributed by atoms with van der Waals surface area (Å²) >= 11 is 0. The predicted octanol–water partition coefficient (Wildman–Crippen LogP) is 5.00. The van der Waals surface area contributed by atoms with Gasteiger partial charge in [0.1, 0.15) is 17.9 Å². The Bertz CT molecular complexity index is 1200. The Kier molecular flexibility index (Phi) is 7.70. The number of carbonyl (C=O) groups excluding carboxylic acids is 2. The molecule has 1 aromatic heterocycles. The number of rotatable bonds is 9. The number of aromatic nitrogens is 1. The molecule has 3 rings (SSSR count). The fourth-order valence-electron chi connectivity index (χ4n) is 3.55. The normalized spacial score (nSPS) is 12.3. The van der Waals surface area contributed by atoms with Crippen molar-refractivity contribution in [1.29, 1.82) is 0 Å². The van der Waals surface area contributed by atoms with Crippen LogP contribution in [0.15, 0.2) is 42.5 Å². The van der Waals surface area contributed by atoms with Crippen molar-refractivity contribution in [3.05, 3.63) is 65.1 Å². The maximum absolute atomic E-state index is 14.0. The van der Waals surface area contributed by atoms with Crippen molar-refractivity contribution < 1.29 is 31.9 Å². The first-order valence-corrected chi connectivity index (χ1v) is 10.4. The molecule has 0 saturated carbocycles. The maximum Gasteiger partial charge on any atom is 0.573 e. The lowest BCUT2D eigenvalue weighted by Gasteiger charge is -2.15. The number of carbonyl (C=O) groups is 2. The molecular formula is C24H23F4N3O3. The molecule has 34 heavy (non-hydrogen) atoms. The van der Waals surface area contributed by atoms with Gasteiger partial charge < -0.3 is 20.2 Å². The topological polar surface area (TPSA) is 80.3 Å². The fraction of sp³-hybridized carbons (Fsp3) is 0.292. The van der Waals surface area contributed by atoms with Gasteiger partial charge in [-0.15, -0.1) is 13.2 Å². The summed E-state index contributed by atoms with van der Waals surface area (Å²) in [6.07, 6.45) is -3.49. The van der Waals surface area contributed by atoms with Gasteiger partial charge in [-0.05, 0) is 48.7 Å². The summed E-state index contributed by atoms with van der Waals surface area (Å²) in [6, 6.07) is 9.92. The van der Waals surface area contributed by atoms with Crippen LogP contribution in [0, 0.1) is 12.7 Å². The fourth-order valence-corrected chi connectivity index (χ4v) is 3.55. The summed E-state index contributed by atoms with van der Waals surface area (Å²) in [5.41, 5.74) is 2.62. The second-order valence-electron chi connectivity index (χ2n) is 7.69.